The van der Waals surface area contributed by atoms with Crippen molar-refractivity contribution in [3.63, 3.8) is 0 Å². The molecule has 1 fully saturated rings. The van der Waals surface area contributed by atoms with Crippen molar-refractivity contribution in [1.82, 2.24) is 4.90 Å². The van der Waals surface area contributed by atoms with E-state index in [0.717, 1.165) is 31.0 Å². The molecule has 1 aliphatic rings. The van der Waals surface area contributed by atoms with E-state index in [1.54, 1.807) is 7.05 Å². The van der Waals surface area contributed by atoms with Crippen molar-refractivity contribution in [2.45, 2.75) is 37.6 Å². The fourth-order valence-corrected chi connectivity index (χ4v) is 2.82. The number of carbonyl (C=O) groups excluding carboxylic acids is 1. The first-order chi connectivity index (χ1) is 9.56. The van der Waals surface area contributed by atoms with Crippen molar-refractivity contribution in [3.8, 4) is 0 Å². The summed E-state index contributed by atoms with van der Waals surface area (Å²) < 4.78 is 36.3. The van der Waals surface area contributed by atoms with Crippen LogP contribution in [0.15, 0.2) is 23.1 Å². The minimum Gasteiger partial charge on any atom is -0.338 e. The molecule has 2 N–H and O–H groups in total. The Morgan fingerprint density at radius 1 is 1.43 bits per heavy atom. The van der Waals surface area contributed by atoms with Crippen LogP contribution in [-0.2, 0) is 10.0 Å². The highest BCUT2D eigenvalue weighted by molar-refractivity contribution is 7.89. The molecular formula is C14H19FN2O3S. The van der Waals surface area contributed by atoms with Crippen LogP contribution < -0.4 is 5.14 Å². The highest BCUT2D eigenvalue weighted by Crippen LogP contribution is 2.49. The lowest BCUT2D eigenvalue weighted by molar-refractivity contribution is 0.0679. The van der Waals surface area contributed by atoms with Gasteiger partial charge in [0.25, 0.3) is 5.91 Å². The number of rotatable bonds is 4. The van der Waals surface area contributed by atoms with Gasteiger partial charge in [-0.3, -0.25) is 4.79 Å². The number of amides is 1. The molecule has 0 saturated heterocycles. The summed E-state index contributed by atoms with van der Waals surface area (Å²) in [5, 5.41) is 4.94. The molecule has 0 heterocycles. The van der Waals surface area contributed by atoms with E-state index in [1.807, 2.05) is 6.92 Å². The molecule has 116 valence electrons. The molecule has 1 aromatic rings. The average molecular weight is 314 g/mol. The van der Waals surface area contributed by atoms with E-state index < -0.39 is 21.7 Å². The number of nitrogens with zero attached hydrogens (tertiary/aromatic N) is 1. The van der Waals surface area contributed by atoms with E-state index in [1.165, 1.54) is 4.90 Å². The van der Waals surface area contributed by atoms with Crippen LogP contribution in [0.25, 0.3) is 0 Å². The van der Waals surface area contributed by atoms with Crippen molar-refractivity contribution in [3.05, 3.63) is 29.6 Å². The topological polar surface area (TPSA) is 80.5 Å². The van der Waals surface area contributed by atoms with Crippen molar-refractivity contribution in [1.29, 1.82) is 0 Å². The maximum Gasteiger partial charge on any atom is 0.256 e. The summed E-state index contributed by atoms with van der Waals surface area (Å²) in [5.41, 5.74) is -0.0671. The summed E-state index contributed by atoms with van der Waals surface area (Å²) in [6.07, 6.45) is 2.08. The second-order valence-corrected chi connectivity index (χ2v) is 7.49. The van der Waals surface area contributed by atoms with Gasteiger partial charge < -0.3 is 4.90 Å². The Kier molecular flexibility index (Phi) is 3.84. The van der Waals surface area contributed by atoms with E-state index >= 15 is 0 Å². The second kappa shape index (κ2) is 5.06. The third-order valence-corrected chi connectivity index (χ3v) is 5.36. The van der Waals surface area contributed by atoms with Gasteiger partial charge in [0.2, 0.25) is 10.0 Å². The molecule has 0 spiro atoms. The predicted octanol–water partition coefficient (Wildman–Crippen LogP) is 1.73. The van der Waals surface area contributed by atoms with Crippen molar-refractivity contribution in [2.75, 3.05) is 7.05 Å². The zero-order valence-corrected chi connectivity index (χ0v) is 13.1. The fourth-order valence-electron chi connectivity index (χ4n) is 2.29. The van der Waals surface area contributed by atoms with Crippen LogP contribution in [-0.4, -0.2) is 32.3 Å². The van der Waals surface area contributed by atoms with Gasteiger partial charge in [-0.25, -0.2) is 17.9 Å². The number of hydrogen-bond donors (Lipinski definition) is 1. The van der Waals surface area contributed by atoms with Crippen molar-refractivity contribution < 1.29 is 17.6 Å². The van der Waals surface area contributed by atoms with E-state index in [9.17, 15) is 17.6 Å². The standard InChI is InChI=1S/C14H19FN2O3S/c1-9(14(2)6-7-14)17(3)13(18)11-5-4-10(8-12(11)15)21(16,19)20/h4-5,8-9H,6-7H2,1-3H3,(H2,16,19,20). The van der Waals surface area contributed by atoms with Gasteiger partial charge in [0.05, 0.1) is 10.5 Å². The first-order valence-corrected chi connectivity index (χ1v) is 8.20. The lowest BCUT2D eigenvalue weighted by atomic mass is 9.99. The third kappa shape index (κ3) is 3.08. The molecule has 1 amide bonds. The van der Waals surface area contributed by atoms with Crippen LogP contribution in [0, 0.1) is 11.2 Å². The maximum atomic E-state index is 14.0. The quantitative estimate of drug-likeness (QED) is 0.919. The Labute approximate surface area is 124 Å². The van der Waals surface area contributed by atoms with Gasteiger partial charge >= 0.3 is 0 Å². The SMILES string of the molecule is CC(N(C)C(=O)c1ccc(S(N)(=O)=O)cc1F)C1(C)CC1. The summed E-state index contributed by atoms with van der Waals surface area (Å²) in [6.45, 7) is 4.02. The molecule has 0 aromatic heterocycles. The molecule has 0 bridgehead atoms. The van der Waals surface area contributed by atoms with Gasteiger partial charge in [0.15, 0.2) is 0 Å². The molecule has 7 heteroatoms. The number of primary sulfonamides is 1. The Balaban J connectivity index is 2.27. The summed E-state index contributed by atoms with van der Waals surface area (Å²) in [4.78, 5) is 13.5. The number of halogens is 1. The number of hydrogen-bond acceptors (Lipinski definition) is 3. The minimum absolute atomic E-state index is 0.0117. The molecule has 5 nitrogen and oxygen atoms in total. The smallest absolute Gasteiger partial charge is 0.256 e. The van der Waals surface area contributed by atoms with Crippen LogP contribution in [0.3, 0.4) is 0 Å². The monoisotopic (exact) mass is 314 g/mol. The molecule has 1 saturated carbocycles. The largest absolute Gasteiger partial charge is 0.338 e. The van der Waals surface area contributed by atoms with Gasteiger partial charge in [-0.15, -0.1) is 0 Å². The van der Waals surface area contributed by atoms with E-state index in [4.69, 9.17) is 5.14 Å². The number of sulfonamides is 1. The summed E-state index contributed by atoms with van der Waals surface area (Å²) in [7, 11) is -2.35. The minimum atomic E-state index is -3.98. The Morgan fingerprint density at radius 3 is 2.43 bits per heavy atom. The van der Waals surface area contributed by atoms with Crippen molar-refractivity contribution >= 4 is 15.9 Å². The maximum absolute atomic E-state index is 14.0. The average Bonchev–Trinajstić information content (AvgIpc) is 3.14. The van der Waals surface area contributed by atoms with Gasteiger partial charge in [-0.2, -0.15) is 0 Å². The van der Waals surface area contributed by atoms with E-state index in [-0.39, 0.29) is 21.9 Å². The van der Waals surface area contributed by atoms with E-state index in [2.05, 4.69) is 6.92 Å². The summed E-state index contributed by atoms with van der Waals surface area (Å²) >= 11 is 0. The fraction of sp³-hybridized carbons (Fsp3) is 0.500. The molecule has 1 unspecified atom stereocenters. The molecule has 21 heavy (non-hydrogen) atoms. The molecule has 2 rings (SSSR count). The van der Waals surface area contributed by atoms with E-state index in [0.29, 0.717) is 0 Å². The molecule has 1 aliphatic carbocycles. The molecule has 1 aromatic carbocycles. The number of nitrogens with two attached hydrogens (primary N) is 1. The lowest BCUT2D eigenvalue weighted by Gasteiger charge is -2.30. The Morgan fingerprint density at radius 2 is 2.00 bits per heavy atom. The first-order valence-electron chi connectivity index (χ1n) is 6.66. The molecule has 1 atom stereocenters. The zero-order chi connectivity index (χ0) is 16.0. The summed E-state index contributed by atoms with van der Waals surface area (Å²) in [5.74, 6) is -1.35. The molecule has 0 aliphatic heterocycles. The zero-order valence-electron chi connectivity index (χ0n) is 12.3. The molecule has 0 radical (unpaired) electrons. The van der Waals surface area contributed by atoms with Gasteiger partial charge in [-0.1, -0.05) is 6.92 Å². The predicted molar refractivity (Wildman–Crippen MR) is 76.7 cm³/mol. The Bertz CT molecular complexity index is 683. The molecular weight excluding hydrogens is 295 g/mol. The van der Waals surface area contributed by atoms with Crippen molar-refractivity contribution in [2.24, 2.45) is 10.6 Å². The normalized spacial score (nSPS) is 18.1. The summed E-state index contributed by atoms with van der Waals surface area (Å²) in [6, 6.07) is 3.07. The van der Waals surface area contributed by atoms with Gasteiger partial charge in [-0.05, 0) is 43.4 Å². The Hall–Kier alpha value is -1.47. The lowest BCUT2D eigenvalue weighted by Crippen LogP contribution is -2.40. The van der Waals surface area contributed by atoms with Crippen LogP contribution >= 0.6 is 0 Å². The third-order valence-electron chi connectivity index (χ3n) is 4.45. The van der Waals surface area contributed by atoms with Crippen LogP contribution in [0.5, 0.6) is 0 Å². The highest BCUT2D eigenvalue weighted by Gasteiger charge is 2.45. The van der Waals surface area contributed by atoms with Crippen LogP contribution in [0.2, 0.25) is 0 Å². The first kappa shape index (κ1) is 15.9. The number of carbonyl (C=O) groups is 1. The second-order valence-electron chi connectivity index (χ2n) is 5.93. The van der Waals surface area contributed by atoms with Gasteiger partial charge in [0, 0.05) is 13.1 Å². The highest BCUT2D eigenvalue weighted by atomic mass is 32.2. The number of benzene rings is 1. The van der Waals surface area contributed by atoms with Crippen LogP contribution in [0.1, 0.15) is 37.0 Å². The van der Waals surface area contributed by atoms with Gasteiger partial charge in [0.1, 0.15) is 5.82 Å². The van der Waals surface area contributed by atoms with Crippen LogP contribution in [0.4, 0.5) is 4.39 Å².